The van der Waals surface area contributed by atoms with Crippen LogP contribution >= 0.6 is 11.3 Å². The molecule has 0 unspecified atom stereocenters. The van der Waals surface area contributed by atoms with E-state index in [-0.39, 0.29) is 0 Å². The molecule has 1 aromatic rings. The summed E-state index contributed by atoms with van der Waals surface area (Å²) in [4.78, 5) is 5.94. The maximum absolute atomic E-state index is 4.49. The lowest BCUT2D eigenvalue weighted by molar-refractivity contribution is 0.578. The first-order valence-corrected chi connectivity index (χ1v) is 6.05. The van der Waals surface area contributed by atoms with Crippen LogP contribution in [-0.2, 0) is 6.42 Å². The first-order valence-electron chi connectivity index (χ1n) is 5.17. The Morgan fingerprint density at radius 3 is 3.21 bits per heavy atom. The molecule has 0 radical (unpaired) electrons. The third-order valence-electron chi connectivity index (χ3n) is 2.47. The van der Waals surface area contributed by atoms with Crippen LogP contribution in [0.15, 0.2) is 22.5 Å². The van der Waals surface area contributed by atoms with Crippen molar-refractivity contribution in [2.24, 2.45) is 4.99 Å². The number of thiophene rings is 1. The molecule has 1 N–H and O–H groups in total. The number of hydrogen-bond donors (Lipinski definition) is 1. The molecule has 1 aliphatic heterocycles. The fourth-order valence-corrected chi connectivity index (χ4v) is 2.35. The van der Waals surface area contributed by atoms with E-state index in [2.05, 4.69) is 34.7 Å². The molecule has 0 amide bonds. The van der Waals surface area contributed by atoms with Gasteiger partial charge in [0.05, 0.1) is 5.84 Å². The minimum Gasteiger partial charge on any atom is -0.371 e. The number of amidine groups is 1. The Balaban J connectivity index is 1.83. The zero-order chi connectivity index (χ0) is 9.80. The van der Waals surface area contributed by atoms with Gasteiger partial charge in [0.1, 0.15) is 0 Å². The van der Waals surface area contributed by atoms with E-state index in [4.69, 9.17) is 0 Å². The van der Waals surface area contributed by atoms with Gasteiger partial charge in [-0.2, -0.15) is 0 Å². The molecule has 3 heteroatoms. The van der Waals surface area contributed by atoms with Gasteiger partial charge >= 0.3 is 0 Å². The lowest BCUT2D eigenvalue weighted by Gasteiger charge is -2.20. The largest absolute Gasteiger partial charge is 0.371 e. The first kappa shape index (κ1) is 9.71. The van der Waals surface area contributed by atoms with Crippen LogP contribution in [0.1, 0.15) is 24.6 Å². The molecule has 2 rings (SSSR count). The second kappa shape index (κ2) is 4.60. The number of rotatable bonds is 3. The lowest BCUT2D eigenvalue weighted by Crippen LogP contribution is -2.37. The molecule has 0 spiro atoms. The third kappa shape index (κ3) is 2.58. The van der Waals surface area contributed by atoms with Gasteiger partial charge in [0.15, 0.2) is 0 Å². The van der Waals surface area contributed by atoms with Gasteiger partial charge < -0.3 is 5.32 Å². The quantitative estimate of drug-likeness (QED) is 0.810. The van der Waals surface area contributed by atoms with E-state index in [0.717, 1.165) is 19.4 Å². The molecular weight excluding hydrogens is 192 g/mol. The summed E-state index contributed by atoms with van der Waals surface area (Å²) in [6.07, 6.45) is 3.35. The molecule has 2 heterocycles. The smallest absolute Gasteiger partial charge is 0.0968 e. The van der Waals surface area contributed by atoms with E-state index in [0.29, 0.717) is 6.04 Å². The molecule has 76 valence electrons. The molecule has 0 bridgehead atoms. The highest BCUT2D eigenvalue weighted by molar-refractivity contribution is 7.09. The highest BCUT2D eigenvalue weighted by atomic mass is 32.1. The van der Waals surface area contributed by atoms with Crippen LogP contribution in [0.5, 0.6) is 0 Å². The number of nitrogens with zero attached hydrogens (tertiary/aromatic N) is 1. The molecule has 1 aliphatic rings. The van der Waals surface area contributed by atoms with E-state index in [1.165, 1.54) is 17.1 Å². The Morgan fingerprint density at radius 1 is 1.57 bits per heavy atom. The maximum Gasteiger partial charge on any atom is 0.0968 e. The van der Waals surface area contributed by atoms with Crippen molar-refractivity contribution in [1.82, 2.24) is 5.32 Å². The average molecular weight is 208 g/mol. The summed E-state index contributed by atoms with van der Waals surface area (Å²) < 4.78 is 0. The highest BCUT2D eigenvalue weighted by Crippen LogP contribution is 2.12. The van der Waals surface area contributed by atoms with Crippen LogP contribution in [0, 0.1) is 0 Å². The fourth-order valence-electron chi connectivity index (χ4n) is 1.64. The molecule has 1 atom stereocenters. The van der Waals surface area contributed by atoms with Crippen molar-refractivity contribution in [2.45, 2.75) is 32.2 Å². The van der Waals surface area contributed by atoms with Crippen LogP contribution in [0.3, 0.4) is 0 Å². The summed E-state index contributed by atoms with van der Waals surface area (Å²) >= 11 is 1.83. The normalized spacial score (nSPS) is 21.5. The van der Waals surface area contributed by atoms with E-state index in [9.17, 15) is 0 Å². The molecule has 0 aliphatic carbocycles. The minimum atomic E-state index is 0.603. The van der Waals surface area contributed by atoms with E-state index in [1.807, 2.05) is 11.3 Å². The summed E-state index contributed by atoms with van der Waals surface area (Å²) in [5.74, 6) is 1.19. The number of hydrogen-bond acceptors (Lipinski definition) is 3. The zero-order valence-corrected chi connectivity index (χ0v) is 9.31. The van der Waals surface area contributed by atoms with Crippen LogP contribution in [-0.4, -0.2) is 18.4 Å². The fraction of sp³-hybridized carbons (Fsp3) is 0.545. The minimum absolute atomic E-state index is 0.603. The Labute approximate surface area is 89.1 Å². The van der Waals surface area contributed by atoms with E-state index >= 15 is 0 Å². The standard InChI is InChI=1S/C11H16N2S/c1-9-6-7-12-11(13-9)5-4-10-3-2-8-14-10/h2-3,8-9H,4-7H2,1H3,(H,12,13)/t9-/m0/s1. The monoisotopic (exact) mass is 208 g/mol. The molecule has 0 saturated heterocycles. The Hall–Kier alpha value is -0.830. The first-order chi connectivity index (χ1) is 6.84. The van der Waals surface area contributed by atoms with Crippen molar-refractivity contribution in [3.63, 3.8) is 0 Å². The second-order valence-corrected chi connectivity index (χ2v) is 4.77. The van der Waals surface area contributed by atoms with Gasteiger partial charge in [0.2, 0.25) is 0 Å². The Bertz CT molecular complexity index is 303. The van der Waals surface area contributed by atoms with E-state index in [1.54, 1.807) is 0 Å². The topological polar surface area (TPSA) is 24.4 Å². The predicted octanol–water partition coefficient (Wildman–Crippen LogP) is 2.46. The number of nitrogens with one attached hydrogen (secondary N) is 1. The second-order valence-electron chi connectivity index (χ2n) is 3.74. The van der Waals surface area contributed by atoms with Gasteiger partial charge in [-0.3, -0.25) is 4.99 Å². The van der Waals surface area contributed by atoms with Gasteiger partial charge in [-0.1, -0.05) is 6.07 Å². The third-order valence-corrected chi connectivity index (χ3v) is 3.40. The van der Waals surface area contributed by atoms with Crippen LogP contribution < -0.4 is 5.32 Å². The number of aryl methyl sites for hydroxylation is 1. The summed E-state index contributed by atoms with van der Waals surface area (Å²) in [6, 6.07) is 4.90. The van der Waals surface area contributed by atoms with E-state index < -0.39 is 0 Å². The summed E-state index contributed by atoms with van der Waals surface area (Å²) in [5.41, 5.74) is 0. The van der Waals surface area contributed by atoms with Crippen LogP contribution in [0.2, 0.25) is 0 Å². The predicted molar refractivity (Wildman–Crippen MR) is 62.2 cm³/mol. The molecule has 1 aromatic heterocycles. The highest BCUT2D eigenvalue weighted by Gasteiger charge is 2.10. The van der Waals surface area contributed by atoms with Crippen LogP contribution in [0.4, 0.5) is 0 Å². The summed E-state index contributed by atoms with van der Waals surface area (Å²) in [7, 11) is 0. The van der Waals surface area contributed by atoms with Crippen molar-refractivity contribution in [2.75, 3.05) is 6.54 Å². The number of aliphatic imine (C=N–C) groups is 1. The maximum atomic E-state index is 4.49. The summed E-state index contributed by atoms with van der Waals surface area (Å²) in [6.45, 7) is 3.22. The Morgan fingerprint density at radius 2 is 2.50 bits per heavy atom. The molecule has 0 saturated carbocycles. The van der Waals surface area contributed by atoms with Crippen molar-refractivity contribution < 1.29 is 0 Å². The van der Waals surface area contributed by atoms with Crippen molar-refractivity contribution in [1.29, 1.82) is 0 Å². The Kier molecular flexibility index (Phi) is 3.19. The van der Waals surface area contributed by atoms with Gasteiger partial charge in [0, 0.05) is 23.9 Å². The van der Waals surface area contributed by atoms with Crippen molar-refractivity contribution >= 4 is 17.2 Å². The van der Waals surface area contributed by atoms with Crippen molar-refractivity contribution in [3.8, 4) is 0 Å². The molecule has 0 fully saturated rings. The molecule has 0 aromatic carbocycles. The van der Waals surface area contributed by atoms with Crippen molar-refractivity contribution in [3.05, 3.63) is 22.4 Å². The van der Waals surface area contributed by atoms with Gasteiger partial charge in [-0.15, -0.1) is 11.3 Å². The average Bonchev–Trinajstić information content (AvgIpc) is 2.67. The molecular formula is C11H16N2S. The van der Waals surface area contributed by atoms with Gasteiger partial charge in [-0.05, 0) is 31.2 Å². The summed E-state index contributed by atoms with van der Waals surface area (Å²) in [5, 5.41) is 5.57. The SMILES string of the molecule is C[C@H]1CCN=C(CCc2cccs2)N1. The zero-order valence-electron chi connectivity index (χ0n) is 8.49. The van der Waals surface area contributed by atoms with Crippen LogP contribution in [0.25, 0.3) is 0 Å². The molecule has 2 nitrogen and oxygen atoms in total. The lowest BCUT2D eigenvalue weighted by atomic mass is 10.1. The molecule has 14 heavy (non-hydrogen) atoms. The van der Waals surface area contributed by atoms with Gasteiger partial charge in [0.25, 0.3) is 0 Å². The van der Waals surface area contributed by atoms with Gasteiger partial charge in [-0.25, -0.2) is 0 Å².